The van der Waals surface area contributed by atoms with Gasteiger partial charge in [0.25, 0.3) is 0 Å². The monoisotopic (exact) mass is 164 g/mol. The van der Waals surface area contributed by atoms with Gasteiger partial charge < -0.3 is 10.3 Å². The quantitative estimate of drug-likeness (QED) is 0.648. The number of nitrogens with one attached hydrogen (secondary N) is 2. The Balaban J connectivity index is 2.31. The molecule has 0 aliphatic rings. The van der Waals surface area contributed by atoms with Crippen LogP contribution in [0.5, 0.6) is 0 Å². The van der Waals surface area contributed by atoms with Gasteiger partial charge in [-0.1, -0.05) is 6.08 Å². The maximum absolute atomic E-state index is 10.9. The van der Waals surface area contributed by atoms with Crippen LogP contribution in [0.4, 0.5) is 0 Å². The SMILES string of the molecule is C/C=C/C(=O)NCc1ccc[nH]1. The lowest BCUT2D eigenvalue weighted by Gasteiger charge is -1.98. The van der Waals surface area contributed by atoms with Gasteiger partial charge in [-0.15, -0.1) is 0 Å². The van der Waals surface area contributed by atoms with Crippen molar-refractivity contribution in [1.82, 2.24) is 10.3 Å². The third-order valence-electron chi connectivity index (χ3n) is 1.43. The van der Waals surface area contributed by atoms with Crippen LogP contribution in [-0.4, -0.2) is 10.9 Å². The first-order valence-electron chi connectivity index (χ1n) is 3.85. The van der Waals surface area contributed by atoms with Crippen molar-refractivity contribution >= 4 is 5.91 Å². The number of hydrogen-bond acceptors (Lipinski definition) is 1. The fourth-order valence-corrected chi connectivity index (χ4v) is 0.870. The number of amides is 1. The zero-order chi connectivity index (χ0) is 8.81. The minimum Gasteiger partial charge on any atom is -0.364 e. The molecule has 1 heterocycles. The molecule has 0 unspecified atom stereocenters. The molecule has 0 saturated heterocycles. The molecule has 0 aliphatic heterocycles. The lowest BCUT2D eigenvalue weighted by molar-refractivity contribution is -0.116. The average Bonchev–Trinajstić information content (AvgIpc) is 2.53. The van der Waals surface area contributed by atoms with Gasteiger partial charge in [0.1, 0.15) is 0 Å². The summed E-state index contributed by atoms with van der Waals surface area (Å²) in [6.07, 6.45) is 5.05. The summed E-state index contributed by atoms with van der Waals surface area (Å²) in [5.41, 5.74) is 1.01. The first-order valence-corrected chi connectivity index (χ1v) is 3.85. The Hall–Kier alpha value is -1.51. The molecule has 0 atom stereocenters. The lowest BCUT2D eigenvalue weighted by Crippen LogP contribution is -2.20. The van der Waals surface area contributed by atoms with E-state index in [1.54, 1.807) is 6.08 Å². The molecule has 12 heavy (non-hydrogen) atoms. The van der Waals surface area contributed by atoms with Crippen molar-refractivity contribution in [3.63, 3.8) is 0 Å². The molecule has 0 bridgehead atoms. The first-order chi connectivity index (χ1) is 5.83. The van der Waals surface area contributed by atoms with Gasteiger partial charge in [-0.25, -0.2) is 0 Å². The molecule has 1 aromatic heterocycles. The number of H-pyrrole nitrogens is 1. The van der Waals surface area contributed by atoms with Crippen LogP contribution < -0.4 is 5.32 Å². The third kappa shape index (κ3) is 2.62. The summed E-state index contributed by atoms with van der Waals surface area (Å²) in [4.78, 5) is 13.9. The zero-order valence-electron chi connectivity index (χ0n) is 7.00. The Kier molecular flexibility index (Phi) is 3.14. The van der Waals surface area contributed by atoms with Gasteiger partial charge in [0.05, 0.1) is 6.54 Å². The van der Waals surface area contributed by atoms with Gasteiger partial charge in [-0.05, 0) is 25.1 Å². The highest BCUT2D eigenvalue weighted by Gasteiger charge is 1.94. The molecule has 0 aliphatic carbocycles. The second kappa shape index (κ2) is 4.38. The van der Waals surface area contributed by atoms with Crippen molar-refractivity contribution in [2.75, 3.05) is 0 Å². The summed E-state index contributed by atoms with van der Waals surface area (Å²) in [7, 11) is 0. The Morgan fingerprint density at radius 3 is 3.17 bits per heavy atom. The summed E-state index contributed by atoms with van der Waals surface area (Å²) in [5, 5.41) is 2.73. The minimum atomic E-state index is -0.0629. The van der Waals surface area contributed by atoms with Crippen molar-refractivity contribution in [2.24, 2.45) is 0 Å². The maximum atomic E-state index is 10.9. The summed E-state index contributed by atoms with van der Waals surface area (Å²) in [6.45, 7) is 2.37. The molecule has 3 heteroatoms. The summed E-state index contributed by atoms with van der Waals surface area (Å²) in [6, 6.07) is 3.83. The number of aromatic nitrogens is 1. The predicted molar refractivity (Wildman–Crippen MR) is 47.5 cm³/mol. The zero-order valence-corrected chi connectivity index (χ0v) is 7.00. The molecule has 0 aromatic carbocycles. The topological polar surface area (TPSA) is 44.9 Å². The maximum Gasteiger partial charge on any atom is 0.243 e. The Labute approximate surface area is 71.5 Å². The number of carbonyl (C=O) groups excluding carboxylic acids is 1. The fourth-order valence-electron chi connectivity index (χ4n) is 0.870. The van der Waals surface area contributed by atoms with Crippen molar-refractivity contribution in [2.45, 2.75) is 13.5 Å². The van der Waals surface area contributed by atoms with Crippen LogP contribution in [0.25, 0.3) is 0 Å². The number of hydrogen-bond donors (Lipinski definition) is 2. The van der Waals surface area contributed by atoms with E-state index < -0.39 is 0 Å². The third-order valence-corrected chi connectivity index (χ3v) is 1.43. The van der Waals surface area contributed by atoms with E-state index in [2.05, 4.69) is 10.3 Å². The molecular formula is C9H12N2O. The fraction of sp³-hybridized carbons (Fsp3) is 0.222. The molecule has 0 saturated carbocycles. The average molecular weight is 164 g/mol. The number of aromatic amines is 1. The van der Waals surface area contributed by atoms with E-state index in [4.69, 9.17) is 0 Å². The van der Waals surface area contributed by atoms with Crippen molar-refractivity contribution in [1.29, 1.82) is 0 Å². The molecular weight excluding hydrogens is 152 g/mol. The van der Waals surface area contributed by atoms with E-state index in [1.807, 2.05) is 25.3 Å². The Morgan fingerprint density at radius 2 is 2.58 bits per heavy atom. The molecule has 3 nitrogen and oxygen atoms in total. The molecule has 0 radical (unpaired) electrons. The minimum absolute atomic E-state index is 0.0629. The number of rotatable bonds is 3. The van der Waals surface area contributed by atoms with E-state index in [9.17, 15) is 4.79 Å². The predicted octanol–water partition coefficient (Wildman–Crippen LogP) is 1.21. The molecule has 2 N–H and O–H groups in total. The normalized spacial score (nSPS) is 10.4. The van der Waals surface area contributed by atoms with Crippen LogP contribution in [0.2, 0.25) is 0 Å². The highest BCUT2D eigenvalue weighted by atomic mass is 16.1. The van der Waals surface area contributed by atoms with Gasteiger partial charge in [0.2, 0.25) is 5.91 Å². The molecule has 1 rings (SSSR count). The molecule has 1 amide bonds. The first kappa shape index (κ1) is 8.59. The van der Waals surface area contributed by atoms with Gasteiger partial charge >= 0.3 is 0 Å². The van der Waals surface area contributed by atoms with Crippen LogP contribution in [0.3, 0.4) is 0 Å². The number of carbonyl (C=O) groups is 1. The largest absolute Gasteiger partial charge is 0.364 e. The Bertz CT molecular complexity index is 262. The second-order valence-corrected chi connectivity index (χ2v) is 2.41. The van der Waals surface area contributed by atoms with E-state index in [0.29, 0.717) is 6.54 Å². The summed E-state index contributed by atoms with van der Waals surface area (Å²) < 4.78 is 0. The highest BCUT2D eigenvalue weighted by molar-refractivity contribution is 5.87. The second-order valence-electron chi connectivity index (χ2n) is 2.41. The van der Waals surface area contributed by atoms with Crippen LogP contribution >= 0.6 is 0 Å². The van der Waals surface area contributed by atoms with Crippen molar-refractivity contribution in [3.8, 4) is 0 Å². The van der Waals surface area contributed by atoms with Gasteiger partial charge in [-0.3, -0.25) is 4.79 Å². The Morgan fingerprint density at radius 1 is 1.75 bits per heavy atom. The smallest absolute Gasteiger partial charge is 0.243 e. The van der Waals surface area contributed by atoms with E-state index in [0.717, 1.165) is 5.69 Å². The standard InChI is InChI=1S/C9H12N2O/c1-2-4-9(12)11-7-8-5-3-6-10-8/h2-6,10H,7H2,1H3,(H,11,12)/b4-2+. The summed E-state index contributed by atoms with van der Waals surface area (Å²) in [5.74, 6) is -0.0629. The van der Waals surface area contributed by atoms with Crippen molar-refractivity contribution in [3.05, 3.63) is 36.2 Å². The molecule has 1 aromatic rings. The number of allylic oxidation sites excluding steroid dienone is 1. The van der Waals surface area contributed by atoms with Crippen molar-refractivity contribution < 1.29 is 4.79 Å². The molecule has 0 spiro atoms. The molecule has 64 valence electrons. The van der Waals surface area contributed by atoms with E-state index in [1.165, 1.54) is 6.08 Å². The van der Waals surface area contributed by atoms with E-state index >= 15 is 0 Å². The van der Waals surface area contributed by atoms with Gasteiger partial charge in [0.15, 0.2) is 0 Å². The van der Waals surface area contributed by atoms with Crippen LogP contribution in [0.15, 0.2) is 30.5 Å². The van der Waals surface area contributed by atoms with Crippen LogP contribution in [0.1, 0.15) is 12.6 Å². The molecule has 0 fully saturated rings. The van der Waals surface area contributed by atoms with E-state index in [-0.39, 0.29) is 5.91 Å². The van der Waals surface area contributed by atoms with Gasteiger partial charge in [0, 0.05) is 11.9 Å². The lowest BCUT2D eigenvalue weighted by atomic mass is 10.4. The highest BCUT2D eigenvalue weighted by Crippen LogP contribution is 1.92. The van der Waals surface area contributed by atoms with Gasteiger partial charge in [-0.2, -0.15) is 0 Å². The summed E-state index contributed by atoms with van der Waals surface area (Å²) >= 11 is 0. The van der Waals surface area contributed by atoms with Crippen LogP contribution in [-0.2, 0) is 11.3 Å². The van der Waals surface area contributed by atoms with Crippen LogP contribution in [0, 0.1) is 0 Å².